The first-order chi connectivity index (χ1) is 7.59. The van der Waals surface area contributed by atoms with Gasteiger partial charge in [0.2, 0.25) is 0 Å². The van der Waals surface area contributed by atoms with E-state index in [1.807, 2.05) is 19.2 Å². The zero-order chi connectivity index (χ0) is 11.7. The summed E-state index contributed by atoms with van der Waals surface area (Å²) in [5, 5.41) is 4.40. The third kappa shape index (κ3) is 1.83. The Morgan fingerprint density at radius 3 is 2.81 bits per heavy atom. The van der Waals surface area contributed by atoms with Gasteiger partial charge in [-0.3, -0.25) is 4.68 Å². The molecule has 0 atom stereocenters. The highest BCUT2D eigenvalue weighted by Crippen LogP contribution is 2.28. The molecular weight excluding hydrogens is 202 g/mol. The highest BCUT2D eigenvalue weighted by atomic mass is 16.3. The molecule has 0 aliphatic rings. The first kappa shape index (κ1) is 10.8. The smallest absolute Gasteiger partial charge is 0.154 e. The molecular formula is C12H17N3O. The van der Waals surface area contributed by atoms with Gasteiger partial charge in [-0.05, 0) is 24.5 Å². The topological polar surface area (TPSA) is 57.0 Å². The van der Waals surface area contributed by atoms with Crippen molar-refractivity contribution in [1.29, 1.82) is 0 Å². The van der Waals surface area contributed by atoms with Crippen LogP contribution in [0.25, 0.3) is 11.5 Å². The minimum atomic E-state index is 0.542. The number of hydrogen-bond donors (Lipinski definition) is 1. The van der Waals surface area contributed by atoms with Crippen molar-refractivity contribution in [2.75, 3.05) is 5.73 Å². The molecule has 0 saturated heterocycles. The Hall–Kier alpha value is -1.71. The Balaban J connectivity index is 2.48. The van der Waals surface area contributed by atoms with Crippen LogP contribution < -0.4 is 5.73 Å². The van der Waals surface area contributed by atoms with Gasteiger partial charge in [-0.15, -0.1) is 0 Å². The number of furan rings is 1. The fourth-order valence-corrected chi connectivity index (χ4v) is 1.80. The van der Waals surface area contributed by atoms with Crippen LogP contribution in [0.4, 0.5) is 5.82 Å². The van der Waals surface area contributed by atoms with E-state index in [0.29, 0.717) is 5.92 Å². The fraction of sp³-hybridized carbons (Fsp3) is 0.417. The van der Waals surface area contributed by atoms with Crippen molar-refractivity contribution in [3.05, 3.63) is 24.0 Å². The summed E-state index contributed by atoms with van der Waals surface area (Å²) in [7, 11) is 1.85. The van der Waals surface area contributed by atoms with E-state index in [4.69, 9.17) is 10.2 Å². The van der Waals surface area contributed by atoms with Gasteiger partial charge in [0.25, 0.3) is 0 Å². The van der Waals surface area contributed by atoms with Gasteiger partial charge >= 0.3 is 0 Å². The highest BCUT2D eigenvalue weighted by molar-refractivity contribution is 5.64. The maximum absolute atomic E-state index is 6.02. The Morgan fingerprint density at radius 1 is 1.50 bits per heavy atom. The summed E-state index contributed by atoms with van der Waals surface area (Å²) in [6, 6.07) is 3.77. The van der Waals surface area contributed by atoms with Crippen molar-refractivity contribution < 1.29 is 4.42 Å². The Kier molecular flexibility index (Phi) is 2.73. The molecule has 2 rings (SSSR count). The predicted octanol–water partition coefficient (Wildman–Crippen LogP) is 2.46. The van der Waals surface area contributed by atoms with Gasteiger partial charge in [0.05, 0.1) is 6.26 Å². The molecule has 0 spiro atoms. The lowest BCUT2D eigenvalue weighted by Crippen LogP contribution is -2.01. The summed E-state index contributed by atoms with van der Waals surface area (Å²) in [5.74, 6) is 2.04. The van der Waals surface area contributed by atoms with E-state index in [0.717, 1.165) is 29.3 Å². The van der Waals surface area contributed by atoms with Crippen molar-refractivity contribution in [1.82, 2.24) is 9.78 Å². The summed E-state index contributed by atoms with van der Waals surface area (Å²) in [6.07, 6.45) is 2.56. The van der Waals surface area contributed by atoms with Crippen molar-refractivity contribution >= 4 is 5.82 Å². The van der Waals surface area contributed by atoms with Crippen LogP contribution in [-0.2, 0) is 13.5 Å². The summed E-state index contributed by atoms with van der Waals surface area (Å²) in [4.78, 5) is 0. The van der Waals surface area contributed by atoms with Crippen molar-refractivity contribution in [2.24, 2.45) is 13.0 Å². The quantitative estimate of drug-likeness (QED) is 0.862. The second kappa shape index (κ2) is 4.04. The highest BCUT2D eigenvalue weighted by Gasteiger charge is 2.17. The zero-order valence-electron chi connectivity index (χ0n) is 9.90. The monoisotopic (exact) mass is 219 g/mol. The minimum Gasteiger partial charge on any atom is -0.463 e. The lowest BCUT2D eigenvalue weighted by atomic mass is 10.0. The molecule has 0 saturated carbocycles. The largest absolute Gasteiger partial charge is 0.463 e. The third-order valence-corrected chi connectivity index (χ3v) is 2.56. The molecule has 0 aromatic carbocycles. The molecule has 2 heterocycles. The molecule has 0 aliphatic carbocycles. The van der Waals surface area contributed by atoms with E-state index in [1.54, 1.807) is 10.9 Å². The lowest BCUT2D eigenvalue weighted by molar-refractivity contribution is 0.576. The Bertz CT molecular complexity index is 469. The van der Waals surface area contributed by atoms with Crippen LogP contribution in [0.5, 0.6) is 0 Å². The molecule has 0 amide bonds. The molecule has 0 fully saturated rings. The van der Waals surface area contributed by atoms with Crippen LogP contribution in [-0.4, -0.2) is 9.78 Å². The first-order valence-corrected chi connectivity index (χ1v) is 5.44. The van der Waals surface area contributed by atoms with Crippen LogP contribution in [0.2, 0.25) is 0 Å². The maximum Gasteiger partial charge on any atom is 0.154 e. The zero-order valence-corrected chi connectivity index (χ0v) is 9.90. The number of nitrogen functional groups attached to an aromatic ring is 1. The van der Waals surface area contributed by atoms with Gasteiger partial charge in [0, 0.05) is 12.6 Å². The van der Waals surface area contributed by atoms with Gasteiger partial charge in [-0.25, -0.2) is 0 Å². The van der Waals surface area contributed by atoms with Crippen molar-refractivity contribution in [2.45, 2.75) is 20.3 Å². The van der Waals surface area contributed by atoms with Crippen molar-refractivity contribution in [3.63, 3.8) is 0 Å². The number of aromatic nitrogens is 2. The van der Waals surface area contributed by atoms with Crippen LogP contribution in [0.1, 0.15) is 19.4 Å². The van der Waals surface area contributed by atoms with Crippen LogP contribution >= 0.6 is 0 Å². The SMILES string of the molecule is CC(C)Cc1c(-c2ccco2)nn(C)c1N. The summed E-state index contributed by atoms with van der Waals surface area (Å²) in [5.41, 5.74) is 7.95. The first-order valence-electron chi connectivity index (χ1n) is 5.44. The number of anilines is 1. The molecule has 4 heteroatoms. The molecule has 0 bridgehead atoms. The third-order valence-electron chi connectivity index (χ3n) is 2.56. The van der Waals surface area contributed by atoms with Crippen LogP contribution in [0, 0.1) is 5.92 Å². The molecule has 86 valence electrons. The number of nitrogens with zero attached hydrogens (tertiary/aromatic N) is 2. The van der Waals surface area contributed by atoms with Gasteiger partial charge in [-0.2, -0.15) is 5.10 Å². The molecule has 2 N–H and O–H groups in total. The van der Waals surface area contributed by atoms with Crippen LogP contribution in [0.3, 0.4) is 0 Å². The average Bonchev–Trinajstić information content (AvgIpc) is 2.81. The molecule has 2 aromatic heterocycles. The standard InChI is InChI=1S/C12H17N3O/c1-8(2)7-9-11(10-5-4-6-16-10)14-15(3)12(9)13/h4-6,8H,7,13H2,1-3H3. The van der Waals surface area contributed by atoms with E-state index < -0.39 is 0 Å². The van der Waals surface area contributed by atoms with E-state index in [1.165, 1.54) is 0 Å². The second-order valence-corrected chi connectivity index (χ2v) is 4.41. The number of rotatable bonds is 3. The van der Waals surface area contributed by atoms with Crippen LogP contribution in [0.15, 0.2) is 22.8 Å². The normalized spacial score (nSPS) is 11.2. The molecule has 4 nitrogen and oxygen atoms in total. The van der Waals surface area contributed by atoms with Gasteiger partial charge in [0.1, 0.15) is 11.5 Å². The number of hydrogen-bond acceptors (Lipinski definition) is 3. The number of nitrogens with two attached hydrogens (primary N) is 1. The lowest BCUT2D eigenvalue weighted by Gasteiger charge is -2.05. The summed E-state index contributed by atoms with van der Waals surface area (Å²) >= 11 is 0. The predicted molar refractivity (Wildman–Crippen MR) is 63.9 cm³/mol. The van der Waals surface area contributed by atoms with E-state index in [2.05, 4.69) is 18.9 Å². The van der Waals surface area contributed by atoms with E-state index in [-0.39, 0.29) is 0 Å². The Labute approximate surface area is 95.1 Å². The van der Waals surface area contributed by atoms with Gasteiger partial charge in [0.15, 0.2) is 5.76 Å². The number of aryl methyl sites for hydroxylation is 1. The molecule has 0 aliphatic heterocycles. The van der Waals surface area contributed by atoms with Gasteiger partial charge in [-0.1, -0.05) is 13.8 Å². The average molecular weight is 219 g/mol. The van der Waals surface area contributed by atoms with Crippen molar-refractivity contribution in [3.8, 4) is 11.5 Å². The molecule has 0 radical (unpaired) electrons. The summed E-state index contributed by atoms with van der Waals surface area (Å²) in [6.45, 7) is 4.33. The minimum absolute atomic E-state index is 0.542. The Morgan fingerprint density at radius 2 is 2.25 bits per heavy atom. The van der Waals surface area contributed by atoms with Gasteiger partial charge < -0.3 is 10.2 Å². The van der Waals surface area contributed by atoms with E-state index in [9.17, 15) is 0 Å². The molecule has 16 heavy (non-hydrogen) atoms. The molecule has 0 unspecified atom stereocenters. The fourth-order valence-electron chi connectivity index (χ4n) is 1.80. The van der Waals surface area contributed by atoms with E-state index >= 15 is 0 Å². The second-order valence-electron chi connectivity index (χ2n) is 4.41. The maximum atomic E-state index is 6.02. The summed E-state index contributed by atoms with van der Waals surface area (Å²) < 4.78 is 7.08. The molecule has 2 aromatic rings.